The molecule has 0 fully saturated rings. The number of hydrogen-bond acceptors (Lipinski definition) is 3. The van der Waals surface area contributed by atoms with E-state index < -0.39 is 5.54 Å². The molecule has 0 aliphatic rings. The molecule has 0 N–H and O–H groups in total. The molecule has 1 rings (SSSR count). The lowest BCUT2D eigenvalue weighted by molar-refractivity contribution is 0.436. The molecule has 0 heterocycles. The van der Waals surface area contributed by atoms with Gasteiger partial charge in [-0.3, -0.25) is 0 Å². The van der Waals surface area contributed by atoms with Crippen LogP contribution in [-0.2, 0) is 0 Å². The quantitative estimate of drug-likeness (QED) is 0.705. The van der Waals surface area contributed by atoms with Crippen molar-refractivity contribution in [2.75, 3.05) is 0 Å². The maximum Gasteiger partial charge on any atom is 0.165 e. The maximum atomic E-state index is 9.18. The Labute approximate surface area is 103 Å². The number of rotatable bonds is 4. The smallest absolute Gasteiger partial charge is 0.165 e. The Kier molecular flexibility index (Phi) is 4.39. The van der Waals surface area contributed by atoms with E-state index in [4.69, 9.17) is 0 Å². The summed E-state index contributed by atoms with van der Waals surface area (Å²) in [4.78, 5) is 0. The number of nitriles is 1. The molecule has 0 aliphatic carbocycles. The summed E-state index contributed by atoms with van der Waals surface area (Å²) in [5.41, 5.74) is 1.18. The van der Waals surface area contributed by atoms with Crippen molar-refractivity contribution < 1.29 is 0 Å². The molecule has 1 atom stereocenters. The molecule has 0 amide bonds. The van der Waals surface area contributed by atoms with Gasteiger partial charge in [-0.1, -0.05) is 32.0 Å². The van der Waals surface area contributed by atoms with Crippen molar-refractivity contribution in [1.29, 1.82) is 5.26 Å². The predicted octanol–water partition coefficient (Wildman–Crippen LogP) is 4.41. The van der Waals surface area contributed by atoms with Crippen molar-refractivity contribution in [2.45, 2.75) is 39.7 Å². The predicted molar refractivity (Wildman–Crippen MR) is 69.2 cm³/mol. The van der Waals surface area contributed by atoms with Crippen molar-refractivity contribution in [2.24, 2.45) is 16.1 Å². The molecule has 1 aromatic rings. The highest BCUT2D eigenvalue weighted by atomic mass is 15.1. The van der Waals surface area contributed by atoms with Gasteiger partial charge in [-0.15, -0.1) is 0 Å². The van der Waals surface area contributed by atoms with Crippen LogP contribution < -0.4 is 0 Å². The van der Waals surface area contributed by atoms with Gasteiger partial charge in [0.05, 0.1) is 11.8 Å². The average Bonchev–Trinajstić information content (AvgIpc) is 2.27. The Hall–Kier alpha value is -1.69. The van der Waals surface area contributed by atoms with Gasteiger partial charge in [0.15, 0.2) is 5.54 Å². The molecule has 0 bridgehead atoms. The van der Waals surface area contributed by atoms with E-state index in [1.165, 1.54) is 0 Å². The molecule has 0 spiro atoms. The van der Waals surface area contributed by atoms with Crippen LogP contribution in [-0.4, -0.2) is 5.54 Å². The zero-order valence-corrected chi connectivity index (χ0v) is 10.9. The molecular weight excluding hydrogens is 210 g/mol. The van der Waals surface area contributed by atoms with Gasteiger partial charge in [-0.25, -0.2) is 0 Å². The minimum Gasteiger partial charge on any atom is -0.196 e. The Bertz CT molecular complexity index is 443. The third-order valence-corrected chi connectivity index (χ3v) is 2.54. The van der Waals surface area contributed by atoms with Gasteiger partial charge in [-0.2, -0.15) is 15.5 Å². The lowest BCUT2D eigenvalue weighted by Crippen LogP contribution is -2.21. The highest BCUT2D eigenvalue weighted by Gasteiger charge is 2.24. The molecule has 0 saturated heterocycles. The molecular formula is C14H19N3. The van der Waals surface area contributed by atoms with Crippen LogP contribution in [0, 0.1) is 24.2 Å². The summed E-state index contributed by atoms with van der Waals surface area (Å²) in [6.07, 6.45) is 0.721. The van der Waals surface area contributed by atoms with Crippen molar-refractivity contribution in [3.8, 4) is 6.07 Å². The second-order valence-electron chi connectivity index (χ2n) is 4.97. The minimum absolute atomic E-state index is 0.426. The SMILES string of the molecule is Cc1ccccc1N=NC(C)(C#N)CC(C)C. The van der Waals surface area contributed by atoms with Crippen LogP contribution in [0.25, 0.3) is 0 Å². The Morgan fingerprint density at radius 1 is 1.35 bits per heavy atom. The van der Waals surface area contributed by atoms with Crippen LogP contribution in [0.1, 0.15) is 32.8 Å². The zero-order valence-electron chi connectivity index (χ0n) is 10.9. The molecule has 0 radical (unpaired) electrons. The van der Waals surface area contributed by atoms with Crippen LogP contribution in [0.5, 0.6) is 0 Å². The van der Waals surface area contributed by atoms with Crippen molar-refractivity contribution in [3.63, 3.8) is 0 Å². The minimum atomic E-state index is -0.726. The van der Waals surface area contributed by atoms with E-state index in [9.17, 15) is 5.26 Å². The van der Waals surface area contributed by atoms with E-state index in [0.29, 0.717) is 5.92 Å². The normalized spacial score (nSPS) is 14.8. The molecule has 0 saturated carbocycles. The van der Waals surface area contributed by atoms with E-state index in [2.05, 4.69) is 30.1 Å². The fourth-order valence-corrected chi connectivity index (χ4v) is 1.74. The van der Waals surface area contributed by atoms with E-state index in [0.717, 1.165) is 17.7 Å². The second kappa shape index (κ2) is 5.58. The molecule has 3 nitrogen and oxygen atoms in total. The van der Waals surface area contributed by atoms with Gasteiger partial charge < -0.3 is 0 Å². The molecule has 3 heteroatoms. The molecule has 90 valence electrons. The number of hydrogen-bond donors (Lipinski definition) is 0. The first kappa shape index (κ1) is 13.4. The second-order valence-corrected chi connectivity index (χ2v) is 4.97. The Morgan fingerprint density at radius 2 is 2.00 bits per heavy atom. The lowest BCUT2D eigenvalue weighted by Gasteiger charge is -2.17. The third-order valence-electron chi connectivity index (χ3n) is 2.54. The van der Waals surface area contributed by atoms with Crippen molar-refractivity contribution in [1.82, 2.24) is 0 Å². The molecule has 0 aliphatic heterocycles. The fraction of sp³-hybridized carbons (Fsp3) is 0.500. The number of azo groups is 1. The molecule has 17 heavy (non-hydrogen) atoms. The van der Waals surface area contributed by atoms with E-state index in [-0.39, 0.29) is 0 Å². The van der Waals surface area contributed by atoms with Gasteiger partial charge in [0.1, 0.15) is 0 Å². The first-order valence-electron chi connectivity index (χ1n) is 5.86. The maximum absolute atomic E-state index is 9.18. The summed E-state index contributed by atoms with van der Waals surface area (Å²) in [6.45, 7) is 7.98. The zero-order chi connectivity index (χ0) is 12.9. The fourth-order valence-electron chi connectivity index (χ4n) is 1.74. The van der Waals surface area contributed by atoms with E-state index in [1.54, 1.807) is 0 Å². The monoisotopic (exact) mass is 229 g/mol. The van der Waals surface area contributed by atoms with Crippen molar-refractivity contribution in [3.05, 3.63) is 29.8 Å². The van der Waals surface area contributed by atoms with Crippen LogP contribution in [0.2, 0.25) is 0 Å². The average molecular weight is 229 g/mol. The third kappa shape index (κ3) is 3.99. The summed E-state index contributed by atoms with van der Waals surface area (Å²) < 4.78 is 0. The Morgan fingerprint density at radius 3 is 2.53 bits per heavy atom. The van der Waals surface area contributed by atoms with Gasteiger partial charge in [0.25, 0.3) is 0 Å². The molecule has 0 aromatic heterocycles. The molecule has 1 aromatic carbocycles. The van der Waals surface area contributed by atoms with Crippen LogP contribution in [0.4, 0.5) is 5.69 Å². The number of nitrogens with zero attached hydrogens (tertiary/aromatic N) is 3. The topological polar surface area (TPSA) is 48.5 Å². The Balaban J connectivity index is 2.89. The number of aryl methyl sites for hydroxylation is 1. The summed E-state index contributed by atoms with van der Waals surface area (Å²) in [6, 6.07) is 10.0. The van der Waals surface area contributed by atoms with Gasteiger partial charge >= 0.3 is 0 Å². The highest BCUT2D eigenvalue weighted by molar-refractivity contribution is 5.44. The van der Waals surface area contributed by atoms with Crippen LogP contribution >= 0.6 is 0 Å². The first-order chi connectivity index (χ1) is 7.97. The van der Waals surface area contributed by atoms with Crippen LogP contribution in [0.3, 0.4) is 0 Å². The van der Waals surface area contributed by atoms with Gasteiger partial charge in [-0.05, 0) is 37.8 Å². The highest BCUT2D eigenvalue weighted by Crippen LogP contribution is 2.24. The van der Waals surface area contributed by atoms with Gasteiger partial charge in [0, 0.05) is 0 Å². The summed E-state index contributed by atoms with van der Waals surface area (Å²) >= 11 is 0. The first-order valence-corrected chi connectivity index (χ1v) is 5.86. The summed E-state index contributed by atoms with van der Waals surface area (Å²) in [5.74, 6) is 0.426. The largest absolute Gasteiger partial charge is 0.196 e. The summed E-state index contributed by atoms with van der Waals surface area (Å²) in [7, 11) is 0. The van der Waals surface area contributed by atoms with E-state index >= 15 is 0 Å². The van der Waals surface area contributed by atoms with E-state index in [1.807, 2.05) is 38.1 Å². The van der Waals surface area contributed by atoms with Crippen molar-refractivity contribution >= 4 is 5.69 Å². The lowest BCUT2D eigenvalue weighted by atomic mass is 9.93. The van der Waals surface area contributed by atoms with Crippen LogP contribution in [0.15, 0.2) is 34.5 Å². The standard InChI is InChI=1S/C14H19N3/c1-11(2)9-14(4,10-15)17-16-13-8-6-5-7-12(13)3/h5-8,11H,9H2,1-4H3. The number of benzene rings is 1. The summed E-state index contributed by atoms with van der Waals surface area (Å²) in [5, 5.41) is 17.6. The van der Waals surface area contributed by atoms with Gasteiger partial charge in [0.2, 0.25) is 0 Å². The molecule has 1 unspecified atom stereocenters.